The van der Waals surface area contributed by atoms with E-state index in [0.717, 1.165) is 12.8 Å². The Morgan fingerprint density at radius 1 is 1.22 bits per heavy atom. The fraction of sp³-hybridized carbons (Fsp3) is 0.562. The first-order valence-electron chi connectivity index (χ1n) is 6.51. The van der Waals surface area contributed by atoms with Crippen LogP contribution in [0.4, 0.5) is 0 Å². The lowest BCUT2D eigenvalue weighted by Gasteiger charge is -2.11. The van der Waals surface area contributed by atoms with Crippen molar-refractivity contribution in [3.8, 4) is 0 Å². The van der Waals surface area contributed by atoms with E-state index in [9.17, 15) is 4.79 Å². The van der Waals surface area contributed by atoms with E-state index in [1.807, 2.05) is 19.9 Å². The highest BCUT2D eigenvalue weighted by molar-refractivity contribution is 5.87. The zero-order chi connectivity index (χ0) is 14.1. The number of carbonyl (C=O) groups excluding carboxylic acids is 1. The molecule has 0 saturated heterocycles. The predicted octanol–water partition coefficient (Wildman–Crippen LogP) is 4.58. The van der Waals surface area contributed by atoms with Gasteiger partial charge in [-0.25, -0.2) is 4.79 Å². The molecule has 0 bridgehead atoms. The SMILES string of the molecule is C/C=C(\C)C(=O)OC(C)/C=C(\C)CCC=C(C)C. The summed E-state index contributed by atoms with van der Waals surface area (Å²) < 4.78 is 5.30. The van der Waals surface area contributed by atoms with E-state index in [1.54, 1.807) is 13.0 Å². The number of esters is 1. The molecule has 0 aromatic rings. The van der Waals surface area contributed by atoms with Crippen molar-refractivity contribution in [1.82, 2.24) is 0 Å². The summed E-state index contributed by atoms with van der Waals surface area (Å²) in [5, 5.41) is 0. The molecule has 0 aliphatic carbocycles. The van der Waals surface area contributed by atoms with Crippen LogP contribution in [0.25, 0.3) is 0 Å². The van der Waals surface area contributed by atoms with Gasteiger partial charge >= 0.3 is 5.97 Å². The van der Waals surface area contributed by atoms with E-state index in [0.29, 0.717) is 5.57 Å². The maximum atomic E-state index is 11.5. The molecule has 0 N–H and O–H groups in total. The lowest BCUT2D eigenvalue weighted by atomic mass is 10.1. The van der Waals surface area contributed by atoms with Crippen molar-refractivity contribution in [2.45, 2.75) is 60.5 Å². The average Bonchev–Trinajstić information content (AvgIpc) is 2.26. The van der Waals surface area contributed by atoms with Gasteiger partial charge in [-0.05, 0) is 60.5 Å². The summed E-state index contributed by atoms with van der Waals surface area (Å²) in [6.07, 6.45) is 7.88. The van der Waals surface area contributed by atoms with Crippen molar-refractivity contribution in [2.24, 2.45) is 0 Å². The van der Waals surface area contributed by atoms with E-state index in [1.165, 1.54) is 11.1 Å². The van der Waals surface area contributed by atoms with E-state index in [2.05, 4.69) is 26.8 Å². The fourth-order valence-corrected chi connectivity index (χ4v) is 1.49. The molecule has 0 aromatic heterocycles. The summed E-state index contributed by atoms with van der Waals surface area (Å²) in [4.78, 5) is 11.5. The average molecular weight is 250 g/mol. The largest absolute Gasteiger partial charge is 0.455 e. The van der Waals surface area contributed by atoms with Gasteiger partial charge in [0.2, 0.25) is 0 Å². The summed E-state index contributed by atoms with van der Waals surface area (Å²) in [7, 11) is 0. The Labute approximate surface area is 111 Å². The maximum Gasteiger partial charge on any atom is 0.333 e. The van der Waals surface area contributed by atoms with Crippen LogP contribution in [-0.2, 0) is 9.53 Å². The smallest absolute Gasteiger partial charge is 0.333 e. The molecule has 0 radical (unpaired) electrons. The van der Waals surface area contributed by atoms with Gasteiger partial charge in [0.25, 0.3) is 0 Å². The van der Waals surface area contributed by atoms with Crippen molar-refractivity contribution >= 4 is 5.97 Å². The molecule has 0 heterocycles. The highest BCUT2D eigenvalue weighted by Gasteiger charge is 2.08. The first-order chi connectivity index (χ1) is 8.36. The number of allylic oxidation sites excluding steroid dienone is 4. The summed E-state index contributed by atoms with van der Waals surface area (Å²) in [6, 6.07) is 0. The third-order valence-electron chi connectivity index (χ3n) is 2.66. The number of ether oxygens (including phenoxy) is 1. The van der Waals surface area contributed by atoms with Crippen LogP contribution in [0.15, 0.2) is 34.9 Å². The molecule has 2 nitrogen and oxygen atoms in total. The molecule has 0 amide bonds. The highest BCUT2D eigenvalue weighted by atomic mass is 16.5. The molecule has 0 aliphatic rings. The quantitative estimate of drug-likeness (QED) is 0.392. The molecular weight excluding hydrogens is 224 g/mol. The lowest BCUT2D eigenvalue weighted by molar-refractivity contribution is -0.141. The lowest BCUT2D eigenvalue weighted by Crippen LogP contribution is -2.13. The van der Waals surface area contributed by atoms with Crippen molar-refractivity contribution < 1.29 is 9.53 Å². The van der Waals surface area contributed by atoms with Crippen LogP contribution in [0, 0.1) is 0 Å². The van der Waals surface area contributed by atoms with Crippen LogP contribution in [0.2, 0.25) is 0 Å². The molecule has 0 spiro atoms. The highest BCUT2D eigenvalue weighted by Crippen LogP contribution is 2.10. The Kier molecular flexibility index (Phi) is 8.10. The van der Waals surface area contributed by atoms with E-state index >= 15 is 0 Å². The molecule has 18 heavy (non-hydrogen) atoms. The minimum atomic E-state index is -0.238. The molecule has 2 heteroatoms. The van der Waals surface area contributed by atoms with Gasteiger partial charge in [0.15, 0.2) is 0 Å². The summed E-state index contributed by atoms with van der Waals surface area (Å²) in [6.45, 7) is 11.8. The Bertz CT molecular complexity index is 355. The van der Waals surface area contributed by atoms with Gasteiger partial charge in [0, 0.05) is 5.57 Å². The second kappa shape index (κ2) is 8.73. The molecule has 0 aromatic carbocycles. The van der Waals surface area contributed by atoms with Gasteiger partial charge in [-0.1, -0.05) is 23.3 Å². The maximum absolute atomic E-state index is 11.5. The van der Waals surface area contributed by atoms with Crippen LogP contribution in [0.5, 0.6) is 0 Å². The number of rotatable bonds is 6. The minimum Gasteiger partial charge on any atom is -0.455 e. The molecule has 102 valence electrons. The van der Waals surface area contributed by atoms with Crippen molar-refractivity contribution in [3.05, 3.63) is 34.9 Å². The molecule has 0 aliphatic heterocycles. The molecule has 1 unspecified atom stereocenters. The fourth-order valence-electron chi connectivity index (χ4n) is 1.49. The predicted molar refractivity (Wildman–Crippen MR) is 77.4 cm³/mol. The Morgan fingerprint density at radius 3 is 2.33 bits per heavy atom. The topological polar surface area (TPSA) is 26.3 Å². The van der Waals surface area contributed by atoms with Gasteiger partial charge in [-0.3, -0.25) is 0 Å². The van der Waals surface area contributed by atoms with Gasteiger partial charge in [-0.2, -0.15) is 0 Å². The van der Waals surface area contributed by atoms with E-state index in [-0.39, 0.29) is 12.1 Å². The molecule has 0 fully saturated rings. The standard InChI is InChI=1S/C16H26O2/c1-7-14(5)16(17)18-15(6)11-13(4)10-8-9-12(2)3/h7,9,11,15H,8,10H2,1-6H3/b13-11+,14-7+. The second-order valence-electron chi connectivity index (χ2n) is 4.92. The first kappa shape index (κ1) is 16.7. The first-order valence-corrected chi connectivity index (χ1v) is 6.51. The number of carbonyl (C=O) groups is 1. The van der Waals surface area contributed by atoms with Gasteiger partial charge < -0.3 is 4.74 Å². The molecular formula is C16H26O2. The number of hydrogen-bond donors (Lipinski definition) is 0. The van der Waals surface area contributed by atoms with Crippen molar-refractivity contribution in [1.29, 1.82) is 0 Å². The minimum absolute atomic E-state index is 0.167. The van der Waals surface area contributed by atoms with Crippen LogP contribution in [0.3, 0.4) is 0 Å². The summed E-state index contributed by atoms with van der Waals surface area (Å²) in [5.74, 6) is -0.238. The van der Waals surface area contributed by atoms with E-state index in [4.69, 9.17) is 4.74 Å². The van der Waals surface area contributed by atoms with Crippen LogP contribution in [-0.4, -0.2) is 12.1 Å². The van der Waals surface area contributed by atoms with Crippen molar-refractivity contribution in [3.63, 3.8) is 0 Å². The van der Waals surface area contributed by atoms with Gasteiger partial charge in [0.1, 0.15) is 6.10 Å². The molecule has 0 rings (SSSR count). The Morgan fingerprint density at radius 2 is 1.83 bits per heavy atom. The zero-order valence-electron chi connectivity index (χ0n) is 12.5. The molecule has 1 atom stereocenters. The third kappa shape index (κ3) is 7.88. The van der Waals surface area contributed by atoms with Crippen molar-refractivity contribution in [2.75, 3.05) is 0 Å². The normalized spacial score (nSPS) is 14.1. The monoisotopic (exact) mass is 250 g/mol. The van der Waals surface area contributed by atoms with Crippen LogP contribution >= 0.6 is 0 Å². The zero-order valence-corrected chi connectivity index (χ0v) is 12.5. The Hall–Kier alpha value is -1.31. The molecule has 0 saturated carbocycles. The Balaban J connectivity index is 4.24. The van der Waals surface area contributed by atoms with Gasteiger partial charge in [-0.15, -0.1) is 0 Å². The van der Waals surface area contributed by atoms with Crippen LogP contribution < -0.4 is 0 Å². The van der Waals surface area contributed by atoms with Gasteiger partial charge in [0.05, 0.1) is 0 Å². The summed E-state index contributed by atoms with van der Waals surface area (Å²) in [5.41, 5.74) is 3.24. The third-order valence-corrected chi connectivity index (χ3v) is 2.66. The second-order valence-corrected chi connectivity index (χ2v) is 4.92. The summed E-state index contributed by atoms with van der Waals surface area (Å²) >= 11 is 0. The van der Waals surface area contributed by atoms with Crippen LogP contribution in [0.1, 0.15) is 54.4 Å². The number of hydrogen-bond acceptors (Lipinski definition) is 2. The van der Waals surface area contributed by atoms with E-state index < -0.39 is 0 Å².